The number of fused-ring (bicyclic) bond motifs is 3. The molecule has 0 unspecified atom stereocenters. The van der Waals surface area contributed by atoms with Crippen LogP contribution in [0.4, 0.5) is 15.8 Å². The van der Waals surface area contributed by atoms with Crippen molar-refractivity contribution >= 4 is 51.5 Å². The predicted octanol–water partition coefficient (Wildman–Crippen LogP) is 4.00. The average molecular weight is 539 g/mol. The van der Waals surface area contributed by atoms with Gasteiger partial charge in [0.1, 0.15) is 20.6 Å². The maximum atomic E-state index is 14.6. The number of thioether (sulfide) groups is 1. The Bertz CT molecular complexity index is 1500. The number of amides is 2. The Morgan fingerprint density at radius 2 is 2.05 bits per heavy atom. The number of anilines is 1. The highest BCUT2D eigenvalue weighted by Crippen LogP contribution is 2.66. The SMILES string of the molecule is CN1C[C@@H](c2cccc([N+](=O)[O-])c2)[C@@]2(SC(=S)N(Cc3ccco3)C2=O)[C@]12C(=O)Nc1ccc(F)cc12. The minimum absolute atomic E-state index is 0.0541. The van der Waals surface area contributed by atoms with Crippen molar-refractivity contribution in [2.24, 2.45) is 0 Å². The number of rotatable bonds is 4. The zero-order chi connectivity index (χ0) is 26.1. The molecule has 3 aromatic rings. The highest BCUT2D eigenvalue weighted by Gasteiger charge is 2.77. The summed E-state index contributed by atoms with van der Waals surface area (Å²) in [5.41, 5.74) is -0.510. The molecule has 0 saturated carbocycles. The van der Waals surface area contributed by atoms with E-state index >= 15 is 0 Å². The second kappa shape index (κ2) is 8.20. The number of furan rings is 1. The van der Waals surface area contributed by atoms with E-state index in [4.69, 9.17) is 16.6 Å². The quantitative estimate of drug-likeness (QED) is 0.302. The van der Waals surface area contributed by atoms with Gasteiger partial charge in [-0.3, -0.25) is 29.5 Å². The van der Waals surface area contributed by atoms with Crippen molar-refractivity contribution in [3.63, 3.8) is 0 Å². The molecule has 0 bridgehead atoms. The fraction of sp³-hybridized carbons (Fsp3) is 0.240. The van der Waals surface area contributed by atoms with Crippen LogP contribution in [0.5, 0.6) is 0 Å². The molecule has 2 saturated heterocycles. The van der Waals surface area contributed by atoms with Crippen LogP contribution in [0.2, 0.25) is 0 Å². The van der Waals surface area contributed by atoms with Crippen molar-refractivity contribution in [1.82, 2.24) is 9.80 Å². The highest BCUT2D eigenvalue weighted by molar-refractivity contribution is 8.25. The molecule has 3 aliphatic heterocycles. The summed E-state index contributed by atoms with van der Waals surface area (Å²) in [6.07, 6.45) is 1.49. The van der Waals surface area contributed by atoms with E-state index in [-0.39, 0.29) is 23.1 Å². The number of non-ortho nitro benzene ring substituents is 1. The summed E-state index contributed by atoms with van der Waals surface area (Å²) in [5, 5.41) is 14.4. The van der Waals surface area contributed by atoms with Crippen LogP contribution in [-0.2, 0) is 21.7 Å². The summed E-state index contributed by atoms with van der Waals surface area (Å²) >= 11 is 6.76. The van der Waals surface area contributed by atoms with E-state index in [0.717, 1.165) is 11.8 Å². The van der Waals surface area contributed by atoms with Gasteiger partial charge in [-0.05, 0) is 42.9 Å². The van der Waals surface area contributed by atoms with Gasteiger partial charge in [-0.1, -0.05) is 36.1 Å². The molecule has 12 heteroatoms. The number of hydrogen-bond acceptors (Lipinski definition) is 8. The summed E-state index contributed by atoms with van der Waals surface area (Å²) in [6, 6.07) is 13.5. The molecule has 3 atom stereocenters. The smallest absolute Gasteiger partial charge is 0.269 e. The number of likely N-dealkylation sites (N-methyl/N-ethyl adjacent to an activating group) is 1. The zero-order valence-corrected chi connectivity index (χ0v) is 21.0. The number of nitro benzene ring substituents is 1. The lowest BCUT2D eigenvalue weighted by molar-refractivity contribution is -0.384. The van der Waals surface area contributed by atoms with Crippen molar-refractivity contribution < 1.29 is 23.3 Å². The van der Waals surface area contributed by atoms with Gasteiger partial charge in [0.2, 0.25) is 5.91 Å². The van der Waals surface area contributed by atoms with E-state index in [9.17, 15) is 24.1 Å². The molecule has 37 heavy (non-hydrogen) atoms. The summed E-state index contributed by atoms with van der Waals surface area (Å²) in [5.74, 6) is -1.65. The summed E-state index contributed by atoms with van der Waals surface area (Å²) in [4.78, 5) is 42.7. The number of hydrogen-bond donors (Lipinski definition) is 1. The van der Waals surface area contributed by atoms with E-state index in [0.29, 0.717) is 22.6 Å². The number of likely N-dealkylation sites (tertiary alicyclic amines) is 1. The maximum Gasteiger partial charge on any atom is 0.269 e. The van der Waals surface area contributed by atoms with Crippen LogP contribution in [0.1, 0.15) is 22.8 Å². The molecular weight excluding hydrogens is 519 g/mol. The standard InChI is InChI=1S/C25H19FN4O5S2/c1-28-13-19(14-4-2-5-16(10-14)30(33)34)25(22(32)29(23(36)37-25)12-17-6-3-9-35-17)24(28)18-11-15(26)7-8-20(18)27-21(24)31/h2-11,19H,12-13H2,1H3,(H,27,31)/t19-,24-,25-/m0/s1. The Morgan fingerprint density at radius 3 is 2.78 bits per heavy atom. The number of nitrogens with zero attached hydrogens (tertiary/aromatic N) is 3. The Morgan fingerprint density at radius 1 is 1.24 bits per heavy atom. The first-order valence-electron chi connectivity index (χ1n) is 11.3. The van der Waals surface area contributed by atoms with Crippen molar-refractivity contribution in [2.45, 2.75) is 22.7 Å². The third kappa shape index (κ3) is 3.09. The minimum atomic E-state index is -1.62. The predicted molar refractivity (Wildman–Crippen MR) is 137 cm³/mol. The average Bonchev–Trinajstić information content (AvgIpc) is 3.60. The van der Waals surface area contributed by atoms with Crippen LogP contribution in [0, 0.1) is 15.9 Å². The zero-order valence-electron chi connectivity index (χ0n) is 19.3. The minimum Gasteiger partial charge on any atom is -0.467 e. The molecule has 1 aromatic heterocycles. The molecule has 0 radical (unpaired) electrons. The number of benzene rings is 2. The second-order valence-corrected chi connectivity index (χ2v) is 11.1. The van der Waals surface area contributed by atoms with Crippen molar-refractivity contribution in [2.75, 3.05) is 18.9 Å². The topological polar surface area (TPSA) is 109 Å². The van der Waals surface area contributed by atoms with Crippen LogP contribution in [-0.4, -0.2) is 49.2 Å². The number of nitro groups is 1. The molecule has 3 aliphatic rings. The normalized spacial score (nSPS) is 26.9. The summed E-state index contributed by atoms with van der Waals surface area (Å²) in [7, 11) is 1.70. The molecule has 1 N–H and O–H groups in total. The van der Waals surface area contributed by atoms with Crippen LogP contribution >= 0.6 is 24.0 Å². The molecule has 9 nitrogen and oxygen atoms in total. The number of halogens is 1. The number of carbonyl (C=O) groups is 2. The molecule has 0 aliphatic carbocycles. The van der Waals surface area contributed by atoms with Gasteiger partial charge < -0.3 is 9.73 Å². The van der Waals surface area contributed by atoms with E-state index < -0.39 is 38.8 Å². The van der Waals surface area contributed by atoms with E-state index in [1.807, 2.05) is 0 Å². The monoisotopic (exact) mass is 538 g/mol. The van der Waals surface area contributed by atoms with E-state index in [2.05, 4.69) is 5.32 Å². The van der Waals surface area contributed by atoms with Gasteiger partial charge in [0.25, 0.3) is 11.6 Å². The molecule has 2 amide bonds. The number of thiocarbonyl (C=S) groups is 1. The number of carbonyl (C=O) groups excluding carboxylic acids is 2. The lowest BCUT2D eigenvalue weighted by Gasteiger charge is -2.41. The van der Waals surface area contributed by atoms with E-state index in [1.54, 1.807) is 36.2 Å². The molecular formula is C25H19FN4O5S2. The number of nitrogens with one attached hydrogen (secondary N) is 1. The molecule has 6 rings (SSSR count). The third-order valence-corrected chi connectivity index (χ3v) is 9.36. The van der Waals surface area contributed by atoms with Crippen LogP contribution in [0.3, 0.4) is 0 Å². The fourth-order valence-electron chi connectivity index (χ4n) is 5.94. The lowest BCUT2D eigenvalue weighted by Crippen LogP contribution is -2.61. The molecule has 2 spiro atoms. The van der Waals surface area contributed by atoms with Crippen LogP contribution < -0.4 is 5.32 Å². The third-order valence-electron chi connectivity index (χ3n) is 7.41. The Labute approximate surface area is 219 Å². The van der Waals surface area contributed by atoms with Crippen molar-refractivity contribution in [3.8, 4) is 0 Å². The second-order valence-electron chi connectivity index (χ2n) is 9.21. The maximum absolute atomic E-state index is 14.6. The highest BCUT2D eigenvalue weighted by atomic mass is 32.2. The van der Waals surface area contributed by atoms with Crippen molar-refractivity contribution in [3.05, 3.63) is 93.7 Å². The lowest BCUT2D eigenvalue weighted by atomic mass is 9.72. The summed E-state index contributed by atoms with van der Waals surface area (Å²) < 4.78 is 18.7. The van der Waals surface area contributed by atoms with Crippen molar-refractivity contribution in [1.29, 1.82) is 0 Å². The largest absolute Gasteiger partial charge is 0.467 e. The van der Waals surface area contributed by atoms with Gasteiger partial charge in [0, 0.05) is 35.8 Å². The van der Waals surface area contributed by atoms with Crippen LogP contribution in [0.15, 0.2) is 65.3 Å². The molecule has 4 heterocycles. The first-order valence-corrected chi connectivity index (χ1v) is 12.6. The van der Waals surface area contributed by atoms with Gasteiger partial charge in [-0.2, -0.15) is 0 Å². The van der Waals surface area contributed by atoms with Gasteiger partial charge in [-0.15, -0.1) is 0 Å². The Kier molecular flexibility index (Phi) is 5.27. The molecule has 188 valence electrons. The first kappa shape index (κ1) is 23.8. The van der Waals surface area contributed by atoms with Gasteiger partial charge in [-0.25, -0.2) is 4.39 Å². The first-order chi connectivity index (χ1) is 17.7. The Hall–Kier alpha value is -3.61. The molecule has 2 aromatic carbocycles. The molecule has 2 fully saturated rings. The van der Waals surface area contributed by atoms with Crippen LogP contribution in [0.25, 0.3) is 0 Å². The Balaban J connectivity index is 1.60. The van der Waals surface area contributed by atoms with Gasteiger partial charge >= 0.3 is 0 Å². The van der Waals surface area contributed by atoms with E-state index in [1.165, 1.54) is 41.5 Å². The summed E-state index contributed by atoms with van der Waals surface area (Å²) in [6.45, 7) is 0.249. The van der Waals surface area contributed by atoms with Gasteiger partial charge in [0.05, 0.1) is 17.7 Å². The van der Waals surface area contributed by atoms with Gasteiger partial charge in [0.15, 0.2) is 5.54 Å². The fourth-order valence-corrected chi connectivity index (χ4v) is 8.07.